The molecule has 2 aliphatic heterocycles. The molecule has 5 nitrogen and oxygen atoms in total. The molecule has 0 saturated carbocycles. The number of rotatable bonds is 4. The molecule has 1 fully saturated rings. The predicted molar refractivity (Wildman–Crippen MR) is 110 cm³/mol. The summed E-state index contributed by atoms with van der Waals surface area (Å²) < 4.78 is 5.40. The minimum absolute atomic E-state index is 0.0497. The summed E-state index contributed by atoms with van der Waals surface area (Å²) in [6.07, 6.45) is 0.737. The maximum atomic E-state index is 13.1. The summed E-state index contributed by atoms with van der Waals surface area (Å²) in [4.78, 5) is 15.3. The van der Waals surface area contributed by atoms with E-state index in [1.807, 2.05) is 18.2 Å². The normalized spacial score (nSPS) is 20.3. The van der Waals surface area contributed by atoms with E-state index in [1.165, 1.54) is 11.1 Å². The first-order chi connectivity index (χ1) is 13.6. The zero-order valence-corrected chi connectivity index (χ0v) is 16.6. The number of hydrazone groups is 1. The highest BCUT2D eigenvalue weighted by molar-refractivity contribution is 6.03. The Morgan fingerprint density at radius 2 is 1.82 bits per heavy atom. The van der Waals surface area contributed by atoms with Gasteiger partial charge < -0.3 is 4.74 Å². The number of benzene rings is 2. The Labute approximate surface area is 166 Å². The van der Waals surface area contributed by atoms with Crippen LogP contribution in [0.25, 0.3) is 0 Å². The molecule has 1 saturated heterocycles. The van der Waals surface area contributed by atoms with Crippen LogP contribution < -0.4 is 0 Å². The van der Waals surface area contributed by atoms with Crippen molar-refractivity contribution in [2.75, 3.05) is 32.8 Å². The van der Waals surface area contributed by atoms with Gasteiger partial charge in [0.05, 0.1) is 31.5 Å². The van der Waals surface area contributed by atoms with E-state index in [9.17, 15) is 4.79 Å². The van der Waals surface area contributed by atoms with Gasteiger partial charge in [-0.25, -0.2) is 5.01 Å². The zero-order chi connectivity index (χ0) is 19.5. The van der Waals surface area contributed by atoms with E-state index in [0.717, 1.165) is 36.3 Å². The van der Waals surface area contributed by atoms with Gasteiger partial charge >= 0.3 is 0 Å². The van der Waals surface area contributed by atoms with E-state index in [-0.39, 0.29) is 11.9 Å². The van der Waals surface area contributed by atoms with Crippen LogP contribution >= 0.6 is 0 Å². The number of aryl methyl sites for hydroxylation is 2. The fourth-order valence-electron chi connectivity index (χ4n) is 3.79. The van der Waals surface area contributed by atoms with Crippen LogP contribution in [0.2, 0.25) is 0 Å². The number of morpholine rings is 1. The van der Waals surface area contributed by atoms with E-state index < -0.39 is 0 Å². The first-order valence-electron chi connectivity index (χ1n) is 9.94. The summed E-state index contributed by atoms with van der Waals surface area (Å²) in [6.45, 7) is 7.58. The zero-order valence-electron chi connectivity index (χ0n) is 16.6. The lowest BCUT2D eigenvalue weighted by atomic mass is 9.96. The fraction of sp³-hybridized carbons (Fsp3) is 0.391. The largest absolute Gasteiger partial charge is 0.379 e. The highest BCUT2D eigenvalue weighted by Gasteiger charge is 2.33. The monoisotopic (exact) mass is 377 g/mol. The Morgan fingerprint density at radius 3 is 2.54 bits per heavy atom. The molecule has 4 rings (SSSR count). The highest BCUT2D eigenvalue weighted by atomic mass is 16.5. The molecule has 0 aromatic heterocycles. The lowest BCUT2D eigenvalue weighted by Gasteiger charge is -2.29. The minimum atomic E-state index is -0.0497. The van der Waals surface area contributed by atoms with E-state index in [1.54, 1.807) is 5.01 Å². The predicted octanol–water partition coefficient (Wildman–Crippen LogP) is 3.31. The molecule has 0 radical (unpaired) electrons. The maximum absolute atomic E-state index is 13.1. The lowest BCUT2D eigenvalue weighted by Crippen LogP contribution is -2.43. The fourth-order valence-corrected chi connectivity index (χ4v) is 3.79. The topological polar surface area (TPSA) is 45.1 Å². The molecule has 1 atom stereocenters. The molecule has 1 unspecified atom stereocenters. The molecule has 0 bridgehead atoms. The van der Waals surface area contributed by atoms with Crippen molar-refractivity contribution in [2.45, 2.75) is 26.3 Å². The Hall–Kier alpha value is -2.50. The molecule has 2 aromatic carbocycles. The SMILES string of the molecule is Cc1ccc(C2=NN(C(=O)CN3CCOCC3)C(c3ccccc3)C2)cc1C. The van der Waals surface area contributed by atoms with Gasteiger partial charge in [-0.2, -0.15) is 5.10 Å². The molecule has 2 aromatic rings. The van der Waals surface area contributed by atoms with E-state index in [4.69, 9.17) is 9.84 Å². The number of hydrogen-bond donors (Lipinski definition) is 0. The molecule has 2 heterocycles. The van der Waals surface area contributed by atoms with Crippen LogP contribution in [0.15, 0.2) is 53.6 Å². The molecule has 0 spiro atoms. The van der Waals surface area contributed by atoms with Crippen molar-refractivity contribution in [3.05, 3.63) is 70.8 Å². The van der Waals surface area contributed by atoms with Crippen molar-refractivity contribution in [3.63, 3.8) is 0 Å². The molecule has 1 amide bonds. The van der Waals surface area contributed by atoms with E-state index in [2.05, 4.69) is 49.1 Å². The van der Waals surface area contributed by atoms with Crippen LogP contribution in [0.3, 0.4) is 0 Å². The summed E-state index contributed by atoms with van der Waals surface area (Å²) in [7, 11) is 0. The number of hydrogen-bond acceptors (Lipinski definition) is 4. The molecule has 28 heavy (non-hydrogen) atoms. The van der Waals surface area contributed by atoms with E-state index in [0.29, 0.717) is 19.8 Å². The van der Waals surface area contributed by atoms with Gasteiger partial charge in [0.2, 0.25) is 0 Å². The van der Waals surface area contributed by atoms with Gasteiger partial charge in [-0.3, -0.25) is 9.69 Å². The van der Waals surface area contributed by atoms with Crippen molar-refractivity contribution in [2.24, 2.45) is 5.10 Å². The highest BCUT2D eigenvalue weighted by Crippen LogP contribution is 2.33. The van der Waals surface area contributed by atoms with Crippen molar-refractivity contribution in [1.82, 2.24) is 9.91 Å². The second kappa shape index (κ2) is 8.25. The molecular formula is C23H27N3O2. The van der Waals surface area contributed by atoms with Crippen LogP contribution in [0.4, 0.5) is 0 Å². The second-order valence-corrected chi connectivity index (χ2v) is 7.60. The molecule has 146 valence electrons. The number of amides is 1. The second-order valence-electron chi connectivity index (χ2n) is 7.60. The number of ether oxygens (including phenoxy) is 1. The molecule has 0 aliphatic carbocycles. The standard InChI is InChI=1S/C23H27N3O2/c1-17-8-9-20(14-18(17)2)21-15-22(19-6-4-3-5-7-19)26(24-21)23(27)16-25-10-12-28-13-11-25/h3-9,14,22H,10-13,15-16H2,1-2H3. The number of carbonyl (C=O) groups is 1. The van der Waals surface area contributed by atoms with Crippen molar-refractivity contribution >= 4 is 11.6 Å². The average molecular weight is 377 g/mol. The van der Waals surface area contributed by atoms with Gasteiger partial charge in [0, 0.05) is 19.5 Å². The van der Waals surface area contributed by atoms with Crippen LogP contribution in [0, 0.1) is 13.8 Å². The average Bonchev–Trinajstić information content (AvgIpc) is 3.17. The summed E-state index contributed by atoms with van der Waals surface area (Å²) in [6, 6.07) is 16.6. The van der Waals surface area contributed by atoms with Gasteiger partial charge in [-0.05, 0) is 42.2 Å². The Balaban J connectivity index is 1.61. The van der Waals surface area contributed by atoms with Crippen LogP contribution in [0.5, 0.6) is 0 Å². The Bertz CT molecular complexity index is 873. The lowest BCUT2D eigenvalue weighted by molar-refractivity contribution is -0.135. The Kier molecular flexibility index (Phi) is 5.55. The van der Waals surface area contributed by atoms with Crippen LogP contribution in [0.1, 0.15) is 34.7 Å². The third-order valence-electron chi connectivity index (χ3n) is 5.65. The summed E-state index contributed by atoms with van der Waals surface area (Å²) in [5, 5.41) is 6.50. The van der Waals surface area contributed by atoms with Gasteiger partial charge in [0.25, 0.3) is 5.91 Å². The minimum Gasteiger partial charge on any atom is -0.379 e. The van der Waals surface area contributed by atoms with Gasteiger partial charge in [0.1, 0.15) is 0 Å². The van der Waals surface area contributed by atoms with Gasteiger partial charge in [-0.15, -0.1) is 0 Å². The molecule has 0 N–H and O–H groups in total. The Morgan fingerprint density at radius 1 is 1.07 bits per heavy atom. The quantitative estimate of drug-likeness (QED) is 0.821. The van der Waals surface area contributed by atoms with Crippen LogP contribution in [-0.2, 0) is 9.53 Å². The summed E-state index contributed by atoms with van der Waals surface area (Å²) in [5.41, 5.74) is 5.72. The first-order valence-corrected chi connectivity index (χ1v) is 9.94. The third-order valence-corrected chi connectivity index (χ3v) is 5.65. The van der Waals surface area contributed by atoms with Crippen molar-refractivity contribution in [1.29, 1.82) is 0 Å². The molecular weight excluding hydrogens is 350 g/mol. The summed E-state index contributed by atoms with van der Waals surface area (Å²) in [5.74, 6) is 0.0505. The molecule has 5 heteroatoms. The van der Waals surface area contributed by atoms with E-state index >= 15 is 0 Å². The van der Waals surface area contributed by atoms with Crippen molar-refractivity contribution < 1.29 is 9.53 Å². The first kappa shape index (κ1) is 18.8. The van der Waals surface area contributed by atoms with Gasteiger partial charge in [-0.1, -0.05) is 42.5 Å². The molecule has 2 aliphatic rings. The van der Waals surface area contributed by atoms with Gasteiger partial charge in [0.15, 0.2) is 0 Å². The smallest absolute Gasteiger partial charge is 0.257 e. The number of nitrogens with zero attached hydrogens (tertiary/aromatic N) is 3. The summed E-state index contributed by atoms with van der Waals surface area (Å²) >= 11 is 0. The van der Waals surface area contributed by atoms with Crippen LogP contribution in [-0.4, -0.2) is 54.4 Å². The maximum Gasteiger partial charge on any atom is 0.257 e. The number of carbonyl (C=O) groups excluding carboxylic acids is 1. The third kappa shape index (κ3) is 4.01. The van der Waals surface area contributed by atoms with Crippen molar-refractivity contribution in [3.8, 4) is 0 Å².